The van der Waals surface area contributed by atoms with Crippen molar-refractivity contribution in [2.75, 3.05) is 23.4 Å². The lowest BCUT2D eigenvalue weighted by Gasteiger charge is -2.20. The molecule has 1 fully saturated rings. The zero-order valence-corrected chi connectivity index (χ0v) is 20.6. The van der Waals surface area contributed by atoms with E-state index in [2.05, 4.69) is 57.3 Å². The highest BCUT2D eigenvalue weighted by Gasteiger charge is 2.41. The number of rotatable bonds is 1. The van der Waals surface area contributed by atoms with Gasteiger partial charge in [-0.05, 0) is 67.3 Å². The van der Waals surface area contributed by atoms with Gasteiger partial charge in [-0.2, -0.15) is 10.1 Å². The molecule has 6 rings (SSSR count). The van der Waals surface area contributed by atoms with Crippen LogP contribution in [-0.4, -0.2) is 39.8 Å². The second-order valence-electron chi connectivity index (χ2n) is 10.2. The minimum atomic E-state index is -0.297. The van der Waals surface area contributed by atoms with Gasteiger partial charge in [0.1, 0.15) is 0 Å². The van der Waals surface area contributed by atoms with Gasteiger partial charge in [0, 0.05) is 24.8 Å². The molecule has 2 aliphatic heterocycles. The Kier molecular flexibility index (Phi) is 5.12. The number of ether oxygens (including phenoxy) is 1. The summed E-state index contributed by atoms with van der Waals surface area (Å²) in [6.45, 7) is 7.73. The predicted molar refractivity (Wildman–Crippen MR) is 136 cm³/mol. The van der Waals surface area contributed by atoms with Gasteiger partial charge in [-0.1, -0.05) is 19.9 Å². The van der Waals surface area contributed by atoms with Crippen LogP contribution >= 0.6 is 0 Å². The topological polar surface area (TPSA) is 84.6 Å². The van der Waals surface area contributed by atoms with Crippen molar-refractivity contribution in [3.05, 3.63) is 53.3 Å². The van der Waals surface area contributed by atoms with E-state index in [1.54, 1.807) is 23.0 Å². The highest BCUT2D eigenvalue weighted by atomic mass is 16.5. The van der Waals surface area contributed by atoms with Crippen LogP contribution in [0.2, 0.25) is 0 Å². The fourth-order valence-corrected chi connectivity index (χ4v) is 5.10. The third-order valence-electron chi connectivity index (χ3n) is 7.26. The van der Waals surface area contributed by atoms with Gasteiger partial charge in [0.25, 0.3) is 5.91 Å². The molecule has 4 heterocycles. The number of fused-ring (bicyclic) bond motifs is 8. The predicted octanol–water partition coefficient (Wildman–Crippen LogP) is 4.76. The maximum atomic E-state index is 13.4. The first-order chi connectivity index (χ1) is 16.9. The summed E-state index contributed by atoms with van der Waals surface area (Å²) in [5.74, 6) is 2.53. The summed E-state index contributed by atoms with van der Waals surface area (Å²) >= 11 is 0. The molecule has 0 saturated heterocycles. The van der Waals surface area contributed by atoms with E-state index in [1.807, 2.05) is 14.0 Å². The number of amides is 1. The van der Waals surface area contributed by atoms with Crippen LogP contribution in [0.3, 0.4) is 0 Å². The average Bonchev–Trinajstić information content (AvgIpc) is 3.33. The summed E-state index contributed by atoms with van der Waals surface area (Å²) in [6, 6.07) is 10.0. The van der Waals surface area contributed by atoms with Crippen molar-refractivity contribution in [2.24, 2.45) is 23.9 Å². The normalized spacial score (nSPS) is 22.5. The number of nitrogens with one attached hydrogen (secondary N) is 1. The molecule has 8 heteroatoms. The third kappa shape index (κ3) is 3.96. The molecule has 2 aromatic heterocycles. The van der Waals surface area contributed by atoms with Gasteiger partial charge in [0.05, 0.1) is 35.4 Å². The lowest BCUT2D eigenvalue weighted by atomic mass is 10.0. The van der Waals surface area contributed by atoms with Gasteiger partial charge >= 0.3 is 0 Å². The van der Waals surface area contributed by atoms with Crippen molar-refractivity contribution in [3.63, 3.8) is 0 Å². The van der Waals surface area contributed by atoms with E-state index in [1.165, 1.54) is 5.56 Å². The quantitative estimate of drug-likeness (QED) is 0.552. The summed E-state index contributed by atoms with van der Waals surface area (Å²) in [5.41, 5.74) is 6.05. The molecule has 3 aliphatic rings. The number of anilines is 2. The van der Waals surface area contributed by atoms with E-state index in [4.69, 9.17) is 4.74 Å². The van der Waals surface area contributed by atoms with Crippen molar-refractivity contribution >= 4 is 23.2 Å². The number of nitrogens with zero attached hydrogens (tertiary/aromatic N) is 5. The van der Waals surface area contributed by atoms with Crippen molar-refractivity contribution in [1.82, 2.24) is 14.8 Å². The second kappa shape index (κ2) is 8.22. The van der Waals surface area contributed by atoms with Crippen LogP contribution in [0.5, 0.6) is 5.88 Å². The van der Waals surface area contributed by atoms with Crippen molar-refractivity contribution in [2.45, 2.75) is 39.5 Å². The number of benzene rings is 1. The lowest BCUT2D eigenvalue weighted by Crippen LogP contribution is -2.33. The first-order valence-corrected chi connectivity index (χ1v) is 12.3. The largest absolute Gasteiger partial charge is 0.477 e. The molecule has 35 heavy (non-hydrogen) atoms. The number of guanidine groups is 1. The Morgan fingerprint density at radius 2 is 2.03 bits per heavy atom. The summed E-state index contributed by atoms with van der Waals surface area (Å²) < 4.78 is 7.93. The Bertz CT molecular complexity index is 1360. The first-order valence-electron chi connectivity index (χ1n) is 12.3. The number of aryl methyl sites for hydroxylation is 2. The van der Waals surface area contributed by atoms with E-state index in [0.29, 0.717) is 47.5 Å². The Hall–Kier alpha value is -3.68. The van der Waals surface area contributed by atoms with Crippen LogP contribution in [0, 0.1) is 18.8 Å². The Labute approximate surface area is 205 Å². The number of carbonyl (C=O) groups excluding carboxylic acids is 1. The minimum Gasteiger partial charge on any atom is -0.477 e. The molecular weight excluding hydrogens is 440 g/mol. The smallest absolute Gasteiger partial charge is 0.280 e. The third-order valence-corrected chi connectivity index (χ3v) is 7.26. The molecular formula is C27H30N6O2. The van der Waals surface area contributed by atoms with Crippen LogP contribution < -0.4 is 15.0 Å². The van der Waals surface area contributed by atoms with Crippen LogP contribution in [0.1, 0.15) is 54.2 Å². The molecule has 2 atom stereocenters. The Morgan fingerprint density at radius 1 is 1.17 bits per heavy atom. The van der Waals surface area contributed by atoms with Gasteiger partial charge in [0.15, 0.2) is 0 Å². The zero-order chi connectivity index (χ0) is 24.3. The SMILES string of the molecule is Cc1cc2cc(n1)-c1cnn(C)c1OCC[C@H]1C[C@@H]1CN1/C(=N/C2=O)Nc2ccc(C(C)C)cc21. The second-order valence-corrected chi connectivity index (χ2v) is 10.2. The summed E-state index contributed by atoms with van der Waals surface area (Å²) in [4.78, 5) is 24.9. The van der Waals surface area contributed by atoms with Gasteiger partial charge < -0.3 is 15.0 Å². The standard InChI is InChI=1S/C27H30N6O2/c1-15(2)17-5-6-22-24(12-17)33-14-20-10-18(20)7-8-35-26-21(13-28-32(26)4)23-11-19(9-16(3)29-23)25(34)31-27(33)30-22/h5-6,9,11-13,15,18,20H,7-8,10,14H2,1-4H3,(H,30,31,34)/t18-,20+/m0/s1. The van der Waals surface area contributed by atoms with E-state index >= 15 is 0 Å². The first kappa shape index (κ1) is 21.8. The number of hydrogen-bond donors (Lipinski definition) is 1. The number of aromatic nitrogens is 3. The van der Waals surface area contributed by atoms with E-state index < -0.39 is 0 Å². The van der Waals surface area contributed by atoms with E-state index in [9.17, 15) is 4.79 Å². The van der Waals surface area contributed by atoms with E-state index in [0.717, 1.165) is 42.0 Å². The average molecular weight is 471 g/mol. The van der Waals surface area contributed by atoms with Gasteiger partial charge in [-0.25, -0.2) is 4.68 Å². The Balaban J connectivity index is 1.44. The monoisotopic (exact) mass is 470 g/mol. The van der Waals surface area contributed by atoms with Crippen LogP contribution in [0.15, 0.2) is 41.5 Å². The summed E-state index contributed by atoms with van der Waals surface area (Å²) in [6.07, 6.45) is 3.88. The maximum absolute atomic E-state index is 13.4. The van der Waals surface area contributed by atoms with Gasteiger partial charge in [-0.3, -0.25) is 9.78 Å². The van der Waals surface area contributed by atoms with Crippen LogP contribution in [0.25, 0.3) is 11.3 Å². The number of hydrogen-bond acceptors (Lipinski definition) is 6. The van der Waals surface area contributed by atoms with Crippen molar-refractivity contribution in [1.29, 1.82) is 0 Å². The molecule has 8 nitrogen and oxygen atoms in total. The fourth-order valence-electron chi connectivity index (χ4n) is 5.10. The lowest BCUT2D eigenvalue weighted by molar-refractivity contribution is 0.100. The van der Waals surface area contributed by atoms with E-state index in [-0.39, 0.29) is 5.91 Å². The maximum Gasteiger partial charge on any atom is 0.280 e. The van der Waals surface area contributed by atoms with Gasteiger partial charge in [0.2, 0.25) is 11.8 Å². The van der Waals surface area contributed by atoms with Crippen LogP contribution in [-0.2, 0) is 7.05 Å². The number of aliphatic imine (C=N–C) groups is 1. The summed E-state index contributed by atoms with van der Waals surface area (Å²) in [5, 5.41) is 7.79. The highest BCUT2D eigenvalue weighted by Crippen LogP contribution is 2.45. The molecule has 0 radical (unpaired) electrons. The molecule has 2 bridgehead atoms. The number of pyridine rings is 1. The van der Waals surface area contributed by atoms with Crippen molar-refractivity contribution in [3.8, 4) is 17.1 Å². The molecule has 0 spiro atoms. The molecule has 1 aromatic carbocycles. The molecule has 180 valence electrons. The highest BCUT2D eigenvalue weighted by molar-refractivity contribution is 6.19. The summed E-state index contributed by atoms with van der Waals surface area (Å²) in [7, 11) is 1.86. The molecule has 1 aliphatic carbocycles. The minimum absolute atomic E-state index is 0.297. The Morgan fingerprint density at radius 3 is 2.86 bits per heavy atom. The van der Waals surface area contributed by atoms with Gasteiger partial charge in [-0.15, -0.1) is 0 Å². The molecule has 3 aromatic rings. The number of carbonyl (C=O) groups is 1. The molecule has 0 unspecified atom stereocenters. The zero-order valence-electron chi connectivity index (χ0n) is 20.6. The fraction of sp³-hybridized carbons (Fsp3) is 0.407. The molecule has 1 saturated carbocycles. The molecule has 1 amide bonds. The van der Waals surface area contributed by atoms with Crippen LogP contribution in [0.4, 0.5) is 11.4 Å². The van der Waals surface area contributed by atoms with Crippen molar-refractivity contribution < 1.29 is 9.53 Å². The molecule has 1 N–H and O–H groups in total.